The molecule has 7 nitrogen and oxygen atoms in total. The number of hydrogen-bond donors (Lipinski definition) is 1. The molecule has 0 atom stereocenters. The van der Waals surface area contributed by atoms with Gasteiger partial charge in [-0.2, -0.15) is 0 Å². The van der Waals surface area contributed by atoms with Crippen molar-refractivity contribution >= 4 is 17.3 Å². The van der Waals surface area contributed by atoms with Crippen molar-refractivity contribution in [3.63, 3.8) is 0 Å². The van der Waals surface area contributed by atoms with Crippen LogP contribution >= 0.6 is 0 Å². The first-order chi connectivity index (χ1) is 7.77. The van der Waals surface area contributed by atoms with Crippen molar-refractivity contribution in [3.05, 3.63) is 47.0 Å². The Bertz CT molecular complexity index is 502. The number of aromatic nitrogens is 3. The maximum absolute atomic E-state index is 10.7. The van der Waals surface area contributed by atoms with Gasteiger partial charge in [0.2, 0.25) is 5.82 Å². The summed E-state index contributed by atoms with van der Waals surface area (Å²) < 4.78 is 0. The lowest BCUT2D eigenvalue weighted by Gasteiger charge is -2.03. The van der Waals surface area contributed by atoms with Crippen molar-refractivity contribution in [2.24, 2.45) is 0 Å². The molecule has 16 heavy (non-hydrogen) atoms. The average Bonchev–Trinajstić information content (AvgIpc) is 2.31. The van der Waals surface area contributed by atoms with Crippen molar-refractivity contribution in [2.75, 3.05) is 5.32 Å². The Hall–Kier alpha value is -2.57. The molecular formula is C9H7N5O2. The highest BCUT2D eigenvalue weighted by atomic mass is 16.6. The molecule has 0 aromatic carbocycles. The summed E-state index contributed by atoms with van der Waals surface area (Å²) in [6.07, 6.45) is 5.92. The molecule has 0 saturated carbocycles. The van der Waals surface area contributed by atoms with E-state index >= 15 is 0 Å². The smallest absolute Gasteiger partial charge is 0.311 e. The van der Waals surface area contributed by atoms with E-state index in [9.17, 15) is 10.1 Å². The van der Waals surface area contributed by atoms with E-state index < -0.39 is 4.92 Å². The second-order valence-electron chi connectivity index (χ2n) is 2.84. The number of nitro groups is 1. The largest absolute Gasteiger partial charge is 0.318 e. The molecule has 0 bridgehead atoms. The summed E-state index contributed by atoms with van der Waals surface area (Å²) >= 11 is 0. The van der Waals surface area contributed by atoms with Gasteiger partial charge in [0.1, 0.15) is 5.82 Å². The maximum atomic E-state index is 10.7. The third kappa shape index (κ3) is 2.08. The lowest BCUT2D eigenvalue weighted by Crippen LogP contribution is -2.00. The molecule has 0 saturated heterocycles. The first kappa shape index (κ1) is 9.97. The zero-order valence-electron chi connectivity index (χ0n) is 8.07. The van der Waals surface area contributed by atoms with E-state index in [-0.39, 0.29) is 11.5 Å². The Balaban J connectivity index is 2.31. The van der Waals surface area contributed by atoms with Crippen molar-refractivity contribution < 1.29 is 4.92 Å². The minimum atomic E-state index is -0.508. The lowest BCUT2D eigenvalue weighted by atomic mass is 10.4. The molecule has 0 radical (unpaired) electrons. The summed E-state index contributed by atoms with van der Waals surface area (Å²) in [6.45, 7) is 0. The van der Waals surface area contributed by atoms with E-state index in [1.807, 2.05) is 0 Å². The van der Waals surface area contributed by atoms with Gasteiger partial charge in [-0.3, -0.25) is 15.1 Å². The van der Waals surface area contributed by atoms with Crippen LogP contribution in [0.15, 0.2) is 36.9 Å². The first-order valence-corrected chi connectivity index (χ1v) is 4.40. The van der Waals surface area contributed by atoms with Crippen LogP contribution in [0.2, 0.25) is 0 Å². The van der Waals surface area contributed by atoms with Gasteiger partial charge in [0.05, 0.1) is 11.1 Å². The molecule has 0 aliphatic heterocycles. The van der Waals surface area contributed by atoms with Gasteiger partial charge >= 0.3 is 5.69 Å². The summed E-state index contributed by atoms with van der Waals surface area (Å²) in [7, 11) is 0. The van der Waals surface area contributed by atoms with Gasteiger partial charge in [-0.25, -0.2) is 9.97 Å². The van der Waals surface area contributed by atoms with E-state index in [0.717, 1.165) is 0 Å². The summed E-state index contributed by atoms with van der Waals surface area (Å²) in [5.74, 6) is 0.553. The second kappa shape index (κ2) is 4.30. The standard InChI is InChI=1S/C9H7N5O2/c15-14(16)7-2-1-3-12-9(7)13-8-6-10-4-5-11-8/h1-6H,(H,11,12,13). The topological polar surface area (TPSA) is 93.8 Å². The van der Waals surface area contributed by atoms with Gasteiger partial charge in [-0.15, -0.1) is 0 Å². The van der Waals surface area contributed by atoms with Crippen LogP contribution in [0.1, 0.15) is 0 Å². The van der Waals surface area contributed by atoms with Crippen molar-refractivity contribution in [1.29, 1.82) is 0 Å². The summed E-state index contributed by atoms with van der Waals surface area (Å²) in [6, 6.07) is 2.87. The molecule has 0 fully saturated rings. The Morgan fingerprint density at radius 1 is 1.25 bits per heavy atom. The fourth-order valence-corrected chi connectivity index (χ4v) is 1.13. The molecule has 80 valence electrons. The van der Waals surface area contributed by atoms with E-state index in [0.29, 0.717) is 5.82 Å². The lowest BCUT2D eigenvalue weighted by molar-refractivity contribution is -0.384. The number of nitrogens with one attached hydrogen (secondary N) is 1. The van der Waals surface area contributed by atoms with Crippen molar-refractivity contribution in [2.45, 2.75) is 0 Å². The number of pyridine rings is 1. The highest BCUT2D eigenvalue weighted by Gasteiger charge is 2.14. The molecule has 7 heteroatoms. The average molecular weight is 217 g/mol. The fraction of sp³-hybridized carbons (Fsp3) is 0. The summed E-state index contributed by atoms with van der Waals surface area (Å²) in [5.41, 5.74) is -0.104. The Labute approximate surface area is 90.4 Å². The number of nitrogens with zero attached hydrogens (tertiary/aromatic N) is 4. The molecule has 2 rings (SSSR count). The maximum Gasteiger partial charge on any atom is 0.311 e. The SMILES string of the molecule is O=[N+]([O-])c1cccnc1Nc1cnccn1. The molecule has 2 aromatic rings. The fourth-order valence-electron chi connectivity index (χ4n) is 1.13. The first-order valence-electron chi connectivity index (χ1n) is 4.40. The molecular weight excluding hydrogens is 210 g/mol. The zero-order chi connectivity index (χ0) is 11.4. The van der Waals surface area contributed by atoms with Gasteiger partial charge in [0, 0.05) is 24.7 Å². The van der Waals surface area contributed by atoms with E-state index in [2.05, 4.69) is 20.3 Å². The molecule has 0 unspecified atom stereocenters. The number of rotatable bonds is 3. The van der Waals surface area contributed by atoms with Gasteiger partial charge in [0.15, 0.2) is 0 Å². The molecule has 1 N–H and O–H groups in total. The summed E-state index contributed by atoms with van der Waals surface area (Å²) in [5, 5.41) is 13.4. The van der Waals surface area contributed by atoms with Crippen LogP contribution in [0.25, 0.3) is 0 Å². The third-order valence-corrected chi connectivity index (χ3v) is 1.79. The minimum Gasteiger partial charge on any atom is -0.318 e. The minimum absolute atomic E-state index is 0.104. The van der Waals surface area contributed by atoms with Crippen LogP contribution in [-0.4, -0.2) is 19.9 Å². The third-order valence-electron chi connectivity index (χ3n) is 1.79. The van der Waals surface area contributed by atoms with Crippen LogP contribution in [0.3, 0.4) is 0 Å². The molecule has 0 aliphatic rings. The van der Waals surface area contributed by atoms with Crippen molar-refractivity contribution in [3.8, 4) is 0 Å². The van der Waals surface area contributed by atoms with E-state index in [1.165, 1.54) is 36.9 Å². The molecule has 2 heterocycles. The molecule has 0 amide bonds. The quantitative estimate of drug-likeness (QED) is 0.618. The van der Waals surface area contributed by atoms with Crippen LogP contribution in [0.4, 0.5) is 17.3 Å². The highest BCUT2D eigenvalue weighted by molar-refractivity contribution is 5.62. The second-order valence-corrected chi connectivity index (χ2v) is 2.84. The van der Waals surface area contributed by atoms with Gasteiger partial charge in [-0.1, -0.05) is 0 Å². The normalized spacial score (nSPS) is 9.75. The van der Waals surface area contributed by atoms with Crippen molar-refractivity contribution in [1.82, 2.24) is 15.0 Å². The Morgan fingerprint density at radius 2 is 2.12 bits per heavy atom. The molecule has 2 aromatic heterocycles. The van der Waals surface area contributed by atoms with Gasteiger partial charge in [-0.05, 0) is 6.07 Å². The monoisotopic (exact) mass is 217 g/mol. The van der Waals surface area contributed by atoms with Gasteiger partial charge in [0.25, 0.3) is 0 Å². The predicted octanol–water partition coefficient (Wildman–Crippen LogP) is 1.52. The Kier molecular flexibility index (Phi) is 2.68. The van der Waals surface area contributed by atoms with Gasteiger partial charge < -0.3 is 5.32 Å². The van der Waals surface area contributed by atoms with Crippen LogP contribution in [-0.2, 0) is 0 Å². The highest BCUT2D eigenvalue weighted by Crippen LogP contribution is 2.22. The molecule has 0 spiro atoms. The predicted molar refractivity (Wildman–Crippen MR) is 56.2 cm³/mol. The number of hydrogen-bond acceptors (Lipinski definition) is 6. The van der Waals surface area contributed by atoms with Crippen LogP contribution in [0.5, 0.6) is 0 Å². The van der Waals surface area contributed by atoms with E-state index in [1.54, 1.807) is 0 Å². The summed E-state index contributed by atoms with van der Waals surface area (Å²) in [4.78, 5) is 21.8. The Morgan fingerprint density at radius 3 is 2.81 bits per heavy atom. The van der Waals surface area contributed by atoms with E-state index in [4.69, 9.17) is 0 Å². The molecule has 0 aliphatic carbocycles. The van der Waals surface area contributed by atoms with Crippen LogP contribution < -0.4 is 5.32 Å². The number of anilines is 2. The zero-order valence-corrected chi connectivity index (χ0v) is 8.07. The van der Waals surface area contributed by atoms with Crippen LogP contribution in [0, 0.1) is 10.1 Å².